The average molecular weight is 392 g/mol. The third-order valence-electron chi connectivity index (χ3n) is 5.61. The number of rotatable bonds is 6. The van der Waals surface area contributed by atoms with Crippen molar-refractivity contribution in [3.05, 3.63) is 34.9 Å². The van der Waals surface area contributed by atoms with Gasteiger partial charge >= 0.3 is 0 Å². The predicted molar refractivity (Wildman–Crippen MR) is 103 cm³/mol. The van der Waals surface area contributed by atoms with E-state index in [1.165, 1.54) is 0 Å². The van der Waals surface area contributed by atoms with E-state index >= 15 is 0 Å². The summed E-state index contributed by atoms with van der Waals surface area (Å²) < 4.78 is 0. The van der Waals surface area contributed by atoms with Crippen LogP contribution >= 0.6 is 11.6 Å². The first-order valence-electron chi connectivity index (χ1n) is 9.43. The Kier molecular flexibility index (Phi) is 6.17. The molecule has 0 radical (unpaired) electrons. The Balaban J connectivity index is 1.61. The van der Waals surface area contributed by atoms with E-state index in [0.29, 0.717) is 11.6 Å². The normalized spacial score (nSPS) is 23.5. The number of halogens is 1. The number of likely N-dealkylation sites (tertiary alicyclic amines) is 1. The van der Waals surface area contributed by atoms with Crippen LogP contribution in [-0.2, 0) is 14.4 Å². The van der Waals surface area contributed by atoms with E-state index in [-0.39, 0.29) is 42.1 Å². The molecule has 3 unspecified atom stereocenters. The van der Waals surface area contributed by atoms with Gasteiger partial charge in [-0.2, -0.15) is 0 Å². The average Bonchev–Trinajstić information content (AvgIpc) is 2.88. The van der Waals surface area contributed by atoms with Gasteiger partial charge in [0.2, 0.25) is 17.7 Å². The molecule has 1 aliphatic heterocycles. The Morgan fingerprint density at radius 1 is 1.19 bits per heavy atom. The lowest BCUT2D eigenvalue weighted by molar-refractivity contribution is -0.143. The Labute approximate surface area is 164 Å². The Bertz CT molecular complexity index is 713. The molecular formula is C20H26ClN3O3. The molecule has 1 aromatic rings. The minimum Gasteiger partial charge on any atom is -0.353 e. The summed E-state index contributed by atoms with van der Waals surface area (Å²) in [5.41, 5.74) is 0.920. The van der Waals surface area contributed by atoms with Crippen LogP contribution in [0.1, 0.15) is 37.3 Å². The van der Waals surface area contributed by atoms with E-state index in [9.17, 15) is 14.4 Å². The molecular weight excluding hydrogens is 366 g/mol. The van der Waals surface area contributed by atoms with Crippen LogP contribution < -0.4 is 5.32 Å². The molecule has 2 aliphatic rings. The number of imide groups is 1. The highest BCUT2D eigenvalue weighted by Crippen LogP contribution is 2.37. The number of nitrogens with zero attached hydrogens (tertiary/aromatic N) is 2. The van der Waals surface area contributed by atoms with Crippen molar-refractivity contribution in [3.8, 4) is 0 Å². The van der Waals surface area contributed by atoms with Crippen molar-refractivity contribution in [3.63, 3.8) is 0 Å². The minimum absolute atomic E-state index is 0.102. The van der Waals surface area contributed by atoms with Crippen molar-refractivity contribution in [1.29, 1.82) is 0 Å². The van der Waals surface area contributed by atoms with Crippen LogP contribution in [0.3, 0.4) is 0 Å². The van der Waals surface area contributed by atoms with E-state index < -0.39 is 0 Å². The Morgan fingerprint density at radius 2 is 1.78 bits per heavy atom. The van der Waals surface area contributed by atoms with E-state index in [1.54, 1.807) is 0 Å². The van der Waals surface area contributed by atoms with Crippen molar-refractivity contribution < 1.29 is 14.4 Å². The van der Waals surface area contributed by atoms with Gasteiger partial charge < -0.3 is 10.2 Å². The molecule has 2 fully saturated rings. The third kappa shape index (κ3) is 4.17. The summed E-state index contributed by atoms with van der Waals surface area (Å²) in [6.45, 7) is 0.145. The molecule has 1 saturated heterocycles. The lowest BCUT2D eigenvalue weighted by Crippen LogP contribution is -2.43. The third-order valence-corrected chi connectivity index (χ3v) is 5.96. The Hall–Kier alpha value is -1.92. The van der Waals surface area contributed by atoms with Gasteiger partial charge in [0.15, 0.2) is 0 Å². The number of fused-ring (bicyclic) bond motifs is 1. The van der Waals surface area contributed by atoms with Crippen LogP contribution in [0.15, 0.2) is 24.3 Å². The first-order valence-corrected chi connectivity index (χ1v) is 9.80. The van der Waals surface area contributed by atoms with Gasteiger partial charge in [-0.15, -0.1) is 0 Å². The highest BCUT2D eigenvalue weighted by molar-refractivity contribution is 6.31. The van der Waals surface area contributed by atoms with Crippen molar-refractivity contribution in [2.75, 3.05) is 27.2 Å². The number of carbonyl (C=O) groups excluding carboxylic acids is 3. The van der Waals surface area contributed by atoms with Crippen LogP contribution in [0, 0.1) is 11.8 Å². The highest BCUT2D eigenvalue weighted by atomic mass is 35.5. The second-order valence-electron chi connectivity index (χ2n) is 7.57. The SMILES string of the molecule is CN(C)C(CNC(=O)CN1C(=O)C2CCCCC2C1=O)c1ccccc1Cl. The second-order valence-corrected chi connectivity index (χ2v) is 7.97. The molecule has 3 atom stereocenters. The smallest absolute Gasteiger partial charge is 0.240 e. The van der Waals surface area contributed by atoms with Crippen LogP contribution in [-0.4, -0.2) is 54.7 Å². The quantitative estimate of drug-likeness (QED) is 0.755. The number of likely N-dealkylation sites (N-methyl/N-ethyl adjacent to an activating group) is 1. The van der Waals surface area contributed by atoms with Crippen molar-refractivity contribution in [2.45, 2.75) is 31.7 Å². The minimum atomic E-state index is -0.325. The summed E-state index contributed by atoms with van der Waals surface area (Å²) in [5.74, 6) is -1.15. The van der Waals surface area contributed by atoms with Crippen molar-refractivity contribution >= 4 is 29.3 Å². The van der Waals surface area contributed by atoms with Crippen LogP contribution in [0.2, 0.25) is 5.02 Å². The summed E-state index contributed by atoms with van der Waals surface area (Å²) in [5, 5.41) is 3.49. The first-order chi connectivity index (χ1) is 12.9. The molecule has 1 N–H and O–H groups in total. The molecule has 1 aromatic carbocycles. The Morgan fingerprint density at radius 3 is 2.33 bits per heavy atom. The molecule has 6 nitrogen and oxygen atoms in total. The lowest BCUT2D eigenvalue weighted by Gasteiger charge is -2.26. The van der Waals surface area contributed by atoms with E-state index in [4.69, 9.17) is 11.6 Å². The zero-order valence-electron chi connectivity index (χ0n) is 15.8. The molecule has 1 saturated carbocycles. The highest BCUT2D eigenvalue weighted by Gasteiger charge is 2.48. The molecule has 146 valence electrons. The molecule has 7 heteroatoms. The summed E-state index contributed by atoms with van der Waals surface area (Å²) >= 11 is 6.29. The standard InChI is InChI=1S/C20H26ClN3O3/c1-23(2)17(15-9-5-6-10-16(15)21)11-22-18(25)12-24-19(26)13-7-3-4-8-14(13)20(24)27/h5-6,9-10,13-14,17H,3-4,7-8,11-12H2,1-2H3,(H,22,25). The number of benzene rings is 1. The molecule has 3 rings (SSSR count). The van der Waals surface area contributed by atoms with Crippen LogP contribution in [0.25, 0.3) is 0 Å². The first kappa shape index (κ1) is 19.8. The second kappa shape index (κ2) is 8.40. The van der Waals surface area contributed by atoms with Gasteiger partial charge in [-0.25, -0.2) is 0 Å². The van der Waals surface area contributed by atoms with Gasteiger partial charge in [-0.1, -0.05) is 42.6 Å². The largest absolute Gasteiger partial charge is 0.353 e. The summed E-state index contributed by atoms with van der Waals surface area (Å²) in [6, 6.07) is 7.41. The van der Waals surface area contributed by atoms with E-state index in [1.807, 2.05) is 43.3 Å². The van der Waals surface area contributed by atoms with Gasteiger partial charge in [-0.3, -0.25) is 19.3 Å². The van der Waals surface area contributed by atoms with Crippen LogP contribution in [0.5, 0.6) is 0 Å². The van der Waals surface area contributed by atoms with Gasteiger partial charge in [-0.05, 0) is 38.6 Å². The van der Waals surface area contributed by atoms with E-state index in [0.717, 1.165) is 36.1 Å². The van der Waals surface area contributed by atoms with Gasteiger partial charge in [0.1, 0.15) is 6.54 Å². The van der Waals surface area contributed by atoms with Gasteiger partial charge in [0, 0.05) is 11.6 Å². The fourth-order valence-corrected chi connectivity index (χ4v) is 4.37. The monoisotopic (exact) mass is 391 g/mol. The molecule has 0 aromatic heterocycles. The molecule has 3 amide bonds. The van der Waals surface area contributed by atoms with Crippen molar-refractivity contribution in [1.82, 2.24) is 15.1 Å². The maximum absolute atomic E-state index is 12.5. The molecule has 27 heavy (non-hydrogen) atoms. The van der Waals surface area contributed by atoms with E-state index in [2.05, 4.69) is 5.32 Å². The number of nitrogens with one attached hydrogen (secondary N) is 1. The molecule has 0 bridgehead atoms. The number of hydrogen-bond donors (Lipinski definition) is 1. The number of carbonyl (C=O) groups is 3. The molecule has 1 heterocycles. The topological polar surface area (TPSA) is 69.7 Å². The fraction of sp³-hybridized carbons (Fsp3) is 0.550. The number of amides is 3. The zero-order valence-corrected chi connectivity index (χ0v) is 16.5. The van der Waals surface area contributed by atoms with Gasteiger partial charge in [0.05, 0.1) is 17.9 Å². The summed E-state index contributed by atoms with van der Waals surface area (Å²) in [4.78, 5) is 40.5. The summed E-state index contributed by atoms with van der Waals surface area (Å²) in [6.07, 6.45) is 3.45. The number of hydrogen-bond acceptors (Lipinski definition) is 4. The molecule has 0 spiro atoms. The van der Waals surface area contributed by atoms with Crippen LogP contribution in [0.4, 0.5) is 0 Å². The summed E-state index contributed by atoms with van der Waals surface area (Å²) in [7, 11) is 3.83. The zero-order chi connectivity index (χ0) is 19.6. The van der Waals surface area contributed by atoms with Crippen molar-refractivity contribution in [2.24, 2.45) is 11.8 Å². The lowest BCUT2D eigenvalue weighted by atomic mass is 9.81. The maximum atomic E-state index is 12.5. The predicted octanol–water partition coefficient (Wildman–Crippen LogP) is 2.23. The maximum Gasteiger partial charge on any atom is 0.240 e. The fourth-order valence-electron chi connectivity index (χ4n) is 4.11. The van der Waals surface area contributed by atoms with Gasteiger partial charge in [0.25, 0.3) is 0 Å². The molecule has 1 aliphatic carbocycles.